The normalized spacial score (nSPS) is 28.1. The summed E-state index contributed by atoms with van der Waals surface area (Å²) in [6, 6.07) is 45.1. The van der Waals surface area contributed by atoms with Crippen LogP contribution in [0.4, 0.5) is 0 Å². The number of benzene rings is 4. The van der Waals surface area contributed by atoms with Gasteiger partial charge in [0, 0.05) is 10.8 Å². The third-order valence-electron chi connectivity index (χ3n) is 10.4. The van der Waals surface area contributed by atoms with Crippen LogP contribution in [-0.4, -0.2) is 12.3 Å². The van der Waals surface area contributed by atoms with Crippen molar-refractivity contribution in [2.24, 2.45) is 10.8 Å². The van der Waals surface area contributed by atoms with Crippen LogP contribution in [0.25, 0.3) is 21.8 Å². The van der Waals surface area contributed by atoms with Crippen molar-refractivity contribution in [2.75, 3.05) is 12.3 Å². The van der Waals surface area contributed by atoms with Gasteiger partial charge in [0.2, 0.25) is 0 Å². The van der Waals surface area contributed by atoms with Crippen LogP contribution < -0.4 is 0 Å². The zero-order valence-corrected chi connectivity index (χ0v) is 26.6. The van der Waals surface area contributed by atoms with E-state index >= 15 is 0 Å². The van der Waals surface area contributed by atoms with Crippen molar-refractivity contribution in [2.45, 2.75) is 27.7 Å². The van der Waals surface area contributed by atoms with Crippen molar-refractivity contribution in [1.29, 1.82) is 0 Å². The zero-order valence-electron chi connectivity index (χ0n) is 24.9. The van der Waals surface area contributed by atoms with Gasteiger partial charge in [0.25, 0.3) is 0 Å². The first-order valence-electron chi connectivity index (χ1n) is 15.1. The molecule has 4 aliphatic heterocycles. The average molecular weight is 579 g/mol. The molecule has 0 saturated carbocycles. The van der Waals surface area contributed by atoms with Crippen LogP contribution in [0.2, 0.25) is 0 Å². The predicted molar refractivity (Wildman–Crippen MR) is 185 cm³/mol. The van der Waals surface area contributed by atoms with Gasteiger partial charge in [0.05, 0.1) is 0 Å². The lowest BCUT2D eigenvalue weighted by Crippen LogP contribution is -2.20. The summed E-state index contributed by atoms with van der Waals surface area (Å²) in [5.74, 6) is 0. The van der Waals surface area contributed by atoms with Crippen LogP contribution in [0.1, 0.15) is 49.9 Å². The summed E-state index contributed by atoms with van der Waals surface area (Å²) in [5, 5.41) is 6.72. The fraction of sp³-hybridized carbons (Fsp3) is 0.200. The Balaban J connectivity index is 1.34. The number of hydrogen-bond acceptors (Lipinski definition) is 0. The standard InChI is InChI=1S/C40H36P2/c1-27-35(41-25-39(27,3)33(29-17-9-5-10-18-29)37(41)31-21-13-7-14-22-31)36-28(2)40(4)26-42(36)38(32-23-15-8-16-24-32)34(40)30-19-11-6-12-20-30/h5-24H,25-26H2,1-4H3/t39-,40+,41?,42?. The van der Waals surface area contributed by atoms with Crippen molar-refractivity contribution in [3.8, 4) is 0 Å². The highest BCUT2D eigenvalue weighted by atomic mass is 31.1. The molecule has 0 fully saturated rings. The van der Waals surface area contributed by atoms with Gasteiger partial charge in [-0.2, -0.15) is 0 Å². The summed E-state index contributed by atoms with van der Waals surface area (Å²) >= 11 is 0. The van der Waals surface area contributed by atoms with Gasteiger partial charge in [0.1, 0.15) is 0 Å². The first-order valence-corrected chi connectivity index (χ1v) is 18.2. The lowest BCUT2D eigenvalue weighted by molar-refractivity contribution is 0.623. The lowest BCUT2D eigenvalue weighted by atomic mass is 9.72. The van der Waals surface area contributed by atoms with Crippen LogP contribution in [0, 0.1) is 10.8 Å². The van der Waals surface area contributed by atoms with Crippen LogP contribution in [0.15, 0.2) is 143 Å². The van der Waals surface area contributed by atoms with E-state index in [1.165, 1.54) is 34.6 Å². The quantitative estimate of drug-likeness (QED) is 0.207. The topological polar surface area (TPSA) is 0 Å². The molecular formula is C40H36P2. The molecule has 42 heavy (non-hydrogen) atoms. The fourth-order valence-electron chi connectivity index (χ4n) is 8.19. The molecule has 0 radical (unpaired) electrons. The van der Waals surface area contributed by atoms with Gasteiger partial charge in [-0.25, -0.2) is 0 Å². The first-order chi connectivity index (χ1) is 20.4. The molecule has 4 bridgehead atoms. The molecule has 4 atom stereocenters. The highest BCUT2D eigenvalue weighted by Crippen LogP contribution is 2.87. The van der Waals surface area contributed by atoms with Crippen molar-refractivity contribution in [3.05, 3.63) is 165 Å². The van der Waals surface area contributed by atoms with Gasteiger partial charge in [-0.1, -0.05) is 146 Å². The largest absolute Gasteiger partial charge is 0.0622 e. The smallest absolute Gasteiger partial charge is 0.0198 e. The van der Waals surface area contributed by atoms with Crippen molar-refractivity contribution in [3.63, 3.8) is 0 Å². The van der Waals surface area contributed by atoms with E-state index in [2.05, 4.69) is 149 Å². The van der Waals surface area contributed by atoms with Crippen LogP contribution in [0.3, 0.4) is 0 Å². The van der Waals surface area contributed by atoms with Gasteiger partial charge in [0.15, 0.2) is 0 Å². The molecule has 8 rings (SSSR count). The second kappa shape index (κ2) is 9.61. The molecule has 0 aromatic heterocycles. The molecule has 0 saturated heterocycles. The third kappa shape index (κ3) is 3.56. The molecule has 0 N–H and O–H groups in total. The molecule has 4 aromatic carbocycles. The minimum absolute atomic E-state index is 0.0684. The predicted octanol–water partition coefficient (Wildman–Crippen LogP) is 11.7. The maximum atomic E-state index is 2.55. The second-order valence-electron chi connectivity index (χ2n) is 12.7. The average Bonchev–Trinajstić information content (AvgIpc) is 3.69. The zero-order chi connectivity index (χ0) is 28.6. The molecule has 0 amide bonds. The molecule has 2 unspecified atom stereocenters. The Morgan fingerprint density at radius 2 is 0.690 bits per heavy atom. The molecule has 4 aliphatic rings. The molecule has 4 heterocycles. The Kier molecular flexibility index (Phi) is 6.02. The number of allylic oxidation sites excluding steroid dienone is 6. The third-order valence-corrected chi connectivity index (χ3v) is 16.7. The molecule has 0 aliphatic carbocycles. The molecule has 0 nitrogen and oxygen atoms in total. The van der Waals surface area contributed by atoms with Crippen molar-refractivity contribution < 1.29 is 0 Å². The summed E-state index contributed by atoms with van der Waals surface area (Å²) < 4.78 is 0. The van der Waals surface area contributed by atoms with Crippen LogP contribution >= 0.6 is 15.8 Å². The van der Waals surface area contributed by atoms with Gasteiger partial charge in [-0.3, -0.25) is 0 Å². The van der Waals surface area contributed by atoms with Crippen molar-refractivity contribution in [1.82, 2.24) is 0 Å². The van der Waals surface area contributed by atoms with E-state index in [4.69, 9.17) is 0 Å². The molecule has 0 spiro atoms. The van der Waals surface area contributed by atoms with Crippen LogP contribution in [-0.2, 0) is 0 Å². The minimum Gasteiger partial charge on any atom is -0.0622 e. The summed E-state index contributed by atoms with van der Waals surface area (Å²) in [6.07, 6.45) is 2.48. The SMILES string of the molecule is CC1=C(C2=C(C)[C@@]3(C)CP2C(c2ccccc2)=C3c2ccccc2)P2C[C@]1(C)C(c1ccccc1)=C2c1ccccc1. The second-order valence-corrected chi connectivity index (χ2v) is 16.8. The summed E-state index contributed by atoms with van der Waals surface area (Å²) in [6.45, 7) is 10.1. The van der Waals surface area contributed by atoms with Gasteiger partial charge >= 0.3 is 0 Å². The Bertz CT molecular complexity index is 1710. The summed E-state index contributed by atoms with van der Waals surface area (Å²) in [4.78, 5) is 0. The Morgan fingerprint density at radius 3 is 1.00 bits per heavy atom. The summed E-state index contributed by atoms with van der Waals surface area (Å²) in [7, 11) is -0.912. The van der Waals surface area contributed by atoms with Gasteiger partial charge < -0.3 is 0 Å². The molecule has 206 valence electrons. The van der Waals surface area contributed by atoms with Crippen molar-refractivity contribution >= 4 is 37.6 Å². The number of hydrogen-bond donors (Lipinski definition) is 0. The minimum atomic E-state index is -0.456. The highest BCUT2D eigenvalue weighted by molar-refractivity contribution is 7.79. The van der Waals surface area contributed by atoms with E-state index in [9.17, 15) is 0 Å². The Hall–Kier alpha value is -3.30. The first kappa shape index (κ1) is 26.3. The number of rotatable bonds is 5. The van der Waals surface area contributed by atoms with E-state index in [0.29, 0.717) is 0 Å². The van der Waals surface area contributed by atoms with Gasteiger partial charge in [-0.15, -0.1) is 0 Å². The number of fused-ring (bicyclic) bond motifs is 4. The Labute approximate surface area is 253 Å². The molecular weight excluding hydrogens is 542 g/mol. The van der Waals surface area contributed by atoms with Gasteiger partial charge in [-0.05, 0) is 96.7 Å². The van der Waals surface area contributed by atoms with E-state index < -0.39 is 15.8 Å². The van der Waals surface area contributed by atoms with E-state index in [1.807, 2.05) is 0 Å². The monoisotopic (exact) mass is 578 g/mol. The molecule has 2 heteroatoms. The fourth-order valence-corrected chi connectivity index (χ4v) is 16.4. The maximum absolute atomic E-state index is 2.55. The maximum Gasteiger partial charge on any atom is 0.0198 e. The molecule has 4 aromatic rings. The lowest BCUT2D eigenvalue weighted by Gasteiger charge is -2.36. The van der Waals surface area contributed by atoms with E-state index in [-0.39, 0.29) is 10.8 Å². The van der Waals surface area contributed by atoms with E-state index in [0.717, 1.165) is 0 Å². The van der Waals surface area contributed by atoms with E-state index in [1.54, 1.807) is 43.5 Å². The Morgan fingerprint density at radius 1 is 0.405 bits per heavy atom. The highest BCUT2D eigenvalue weighted by Gasteiger charge is 2.58. The van der Waals surface area contributed by atoms with Crippen LogP contribution in [0.5, 0.6) is 0 Å². The summed E-state index contributed by atoms with van der Waals surface area (Å²) in [5.41, 5.74) is 12.2.